The third kappa shape index (κ3) is 2.38. The van der Waals surface area contributed by atoms with Gasteiger partial charge in [0.25, 0.3) is 0 Å². The first-order valence-electron chi connectivity index (χ1n) is 5.95. The molecule has 1 aromatic rings. The summed E-state index contributed by atoms with van der Waals surface area (Å²) in [6, 6.07) is 0. The highest BCUT2D eigenvalue weighted by atomic mass is 16.4. The van der Waals surface area contributed by atoms with Crippen molar-refractivity contribution in [3.63, 3.8) is 0 Å². The van der Waals surface area contributed by atoms with E-state index in [4.69, 9.17) is 5.11 Å². The smallest absolute Gasteiger partial charge is 0.358 e. The summed E-state index contributed by atoms with van der Waals surface area (Å²) >= 11 is 0. The summed E-state index contributed by atoms with van der Waals surface area (Å²) in [5.41, 5.74) is 0.325. The molecule has 1 fully saturated rings. The van der Waals surface area contributed by atoms with Crippen molar-refractivity contribution in [3.8, 4) is 0 Å². The molecule has 0 saturated heterocycles. The highest BCUT2D eigenvalue weighted by Gasteiger charge is 2.35. The number of nitrogens with zero attached hydrogens (tertiary/aromatic N) is 2. The normalized spacial score (nSPS) is 17.2. The summed E-state index contributed by atoms with van der Waals surface area (Å²) in [5.74, 6) is -0.667. The fraction of sp³-hybridized carbons (Fsp3) is 0.583. The molecular formula is C12H17N3O2. The van der Waals surface area contributed by atoms with Crippen molar-refractivity contribution in [1.82, 2.24) is 9.97 Å². The van der Waals surface area contributed by atoms with Crippen LogP contribution in [0.1, 0.15) is 43.1 Å². The summed E-state index contributed by atoms with van der Waals surface area (Å²) in [7, 11) is 0. The molecule has 1 saturated carbocycles. The van der Waals surface area contributed by atoms with Gasteiger partial charge in [0, 0.05) is 18.9 Å². The third-order valence-electron chi connectivity index (χ3n) is 3.70. The van der Waals surface area contributed by atoms with Crippen LogP contribution in [0, 0.1) is 5.41 Å². The summed E-state index contributed by atoms with van der Waals surface area (Å²) < 4.78 is 0. The Labute approximate surface area is 100 Å². The van der Waals surface area contributed by atoms with Gasteiger partial charge in [-0.15, -0.1) is 0 Å². The van der Waals surface area contributed by atoms with E-state index in [-0.39, 0.29) is 5.69 Å². The minimum Gasteiger partial charge on any atom is -0.476 e. The van der Waals surface area contributed by atoms with Crippen LogP contribution >= 0.6 is 0 Å². The van der Waals surface area contributed by atoms with Crippen molar-refractivity contribution in [2.45, 2.75) is 32.6 Å². The molecule has 17 heavy (non-hydrogen) atoms. The highest BCUT2D eigenvalue weighted by molar-refractivity contribution is 5.90. The van der Waals surface area contributed by atoms with Gasteiger partial charge in [-0.1, -0.05) is 13.3 Å². The number of carboxylic acid groups (broad SMARTS) is 1. The Balaban J connectivity index is 2.06. The van der Waals surface area contributed by atoms with E-state index in [9.17, 15) is 4.79 Å². The SMILES string of the molecule is CCC1(CNc2nccnc2C(=O)O)CCC1. The Hall–Kier alpha value is -1.65. The quantitative estimate of drug-likeness (QED) is 0.818. The van der Waals surface area contributed by atoms with Crippen molar-refractivity contribution >= 4 is 11.8 Å². The molecule has 0 atom stereocenters. The van der Waals surface area contributed by atoms with Gasteiger partial charge in [-0.25, -0.2) is 14.8 Å². The number of carboxylic acids is 1. The molecule has 0 bridgehead atoms. The maximum atomic E-state index is 11.0. The minimum atomic E-state index is -1.04. The molecule has 0 unspecified atom stereocenters. The fourth-order valence-corrected chi connectivity index (χ4v) is 2.23. The molecule has 0 radical (unpaired) electrons. The minimum absolute atomic E-state index is 0.00178. The Bertz CT molecular complexity index is 410. The molecule has 0 spiro atoms. The van der Waals surface area contributed by atoms with E-state index < -0.39 is 5.97 Å². The first-order valence-corrected chi connectivity index (χ1v) is 5.95. The number of nitrogens with one attached hydrogen (secondary N) is 1. The van der Waals surface area contributed by atoms with Crippen molar-refractivity contribution in [1.29, 1.82) is 0 Å². The number of hydrogen-bond donors (Lipinski definition) is 2. The van der Waals surface area contributed by atoms with Gasteiger partial charge in [-0.05, 0) is 24.7 Å². The molecule has 5 nitrogen and oxygen atoms in total. The third-order valence-corrected chi connectivity index (χ3v) is 3.70. The predicted octanol–water partition coefficient (Wildman–Crippen LogP) is 2.17. The molecule has 5 heteroatoms. The number of hydrogen-bond acceptors (Lipinski definition) is 4. The zero-order valence-electron chi connectivity index (χ0n) is 9.94. The van der Waals surface area contributed by atoms with Gasteiger partial charge >= 0.3 is 5.97 Å². The number of carbonyl (C=O) groups is 1. The fourth-order valence-electron chi connectivity index (χ4n) is 2.23. The van der Waals surface area contributed by atoms with E-state index in [0.717, 1.165) is 13.0 Å². The molecule has 0 aromatic carbocycles. The topological polar surface area (TPSA) is 75.1 Å². The lowest BCUT2D eigenvalue weighted by atomic mass is 9.67. The second kappa shape index (κ2) is 4.69. The van der Waals surface area contributed by atoms with Crippen molar-refractivity contribution < 1.29 is 9.90 Å². The molecule has 1 heterocycles. The molecule has 0 amide bonds. The van der Waals surface area contributed by atoms with E-state index in [2.05, 4.69) is 22.2 Å². The van der Waals surface area contributed by atoms with Crippen LogP contribution in [-0.2, 0) is 0 Å². The summed E-state index contributed by atoms with van der Waals surface area (Å²) in [4.78, 5) is 18.8. The van der Waals surface area contributed by atoms with Crippen LogP contribution in [0.15, 0.2) is 12.4 Å². The number of aromatic nitrogens is 2. The van der Waals surface area contributed by atoms with Crippen LogP contribution in [0.3, 0.4) is 0 Å². The standard InChI is InChI=1S/C12H17N3O2/c1-2-12(4-3-5-12)8-15-10-9(11(16)17)13-6-7-14-10/h6-7H,2-5,8H2,1H3,(H,14,15)(H,16,17). The molecule has 0 aliphatic heterocycles. The van der Waals surface area contributed by atoms with Gasteiger partial charge in [0.2, 0.25) is 0 Å². The Morgan fingerprint density at radius 2 is 2.18 bits per heavy atom. The number of aromatic carboxylic acids is 1. The average Bonchev–Trinajstić information content (AvgIpc) is 2.28. The second-order valence-corrected chi connectivity index (χ2v) is 4.62. The summed E-state index contributed by atoms with van der Waals surface area (Å²) in [6.45, 7) is 2.96. The second-order valence-electron chi connectivity index (χ2n) is 4.62. The summed E-state index contributed by atoms with van der Waals surface area (Å²) in [5, 5.41) is 12.1. The molecule has 1 aliphatic carbocycles. The Morgan fingerprint density at radius 1 is 1.47 bits per heavy atom. The van der Waals surface area contributed by atoms with Crippen LogP contribution in [-0.4, -0.2) is 27.6 Å². The summed E-state index contributed by atoms with van der Waals surface area (Å²) in [6.07, 6.45) is 7.70. The lowest BCUT2D eigenvalue weighted by molar-refractivity contribution is 0.0691. The van der Waals surface area contributed by atoms with Crippen LogP contribution < -0.4 is 5.32 Å². The van der Waals surface area contributed by atoms with Crippen LogP contribution in [0.2, 0.25) is 0 Å². The monoisotopic (exact) mass is 235 g/mol. The molecule has 1 aliphatic rings. The van der Waals surface area contributed by atoms with Gasteiger partial charge in [0.1, 0.15) is 0 Å². The predicted molar refractivity (Wildman–Crippen MR) is 64.1 cm³/mol. The molecular weight excluding hydrogens is 218 g/mol. The first kappa shape index (κ1) is 11.8. The van der Waals surface area contributed by atoms with Crippen LogP contribution in [0.4, 0.5) is 5.82 Å². The van der Waals surface area contributed by atoms with Crippen LogP contribution in [0.5, 0.6) is 0 Å². The van der Waals surface area contributed by atoms with Crippen LogP contribution in [0.25, 0.3) is 0 Å². The van der Waals surface area contributed by atoms with Gasteiger partial charge in [0.15, 0.2) is 11.5 Å². The molecule has 2 rings (SSSR count). The van der Waals surface area contributed by atoms with Gasteiger partial charge in [-0.3, -0.25) is 0 Å². The molecule has 92 valence electrons. The number of anilines is 1. The Morgan fingerprint density at radius 3 is 2.71 bits per heavy atom. The van der Waals surface area contributed by atoms with E-state index in [0.29, 0.717) is 11.2 Å². The lowest BCUT2D eigenvalue weighted by Gasteiger charge is -2.41. The van der Waals surface area contributed by atoms with E-state index in [1.54, 1.807) is 0 Å². The Kier molecular flexibility index (Phi) is 3.26. The first-order chi connectivity index (χ1) is 8.17. The molecule has 2 N–H and O–H groups in total. The zero-order valence-corrected chi connectivity index (χ0v) is 9.94. The van der Waals surface area contributed by atoms with Crippen molar-refractivity contribution in [3.05, 3.63) is 18.1 Å². The van der Waals surface area contributed by atoms with E-state index in [1.807, 2.05) is 0 Å². The van der Waals surface area contributed by atoms with Crippen molar-refractivity contribution in [2.75, 3.05) is 11.9 Å². The average molecular weight is 235 g/mol. The highest BCUT2D eigenvalue weighted by Crippen LogP contribution is 2.43. The van der Waals surface area contributed by atoms with Gasteiger partial charge in [-0.2, -0.15) is 0 Å². The van der Waals surface area contributed by atoms with E-state index in [1.165, 1.54) is 31.7 Å². The zero-order chi connectivity index (χ0) is 12.3. The van der Waals surface area contributed by atoms with Gasteiger partial charge in [0.05, 0.1) is 0 Å². The molecule has 1 aromatic heterocycles. The largest absolute Gasteiger partial charge is 0.476 e. The maximum absolute atomic E-state index is 11.0. The van der Waals surface area contributed by atoms with Crippen molar-refractivity contribution in [2.24, 2.45) is 5.41 Å². The van der Waals surface area contributed by atoms with Gasteiger partial charge < -0.3 is 10.4 Å². The number of rotatable bonds is 5. The lowest BCUT2D eigenvalue weighted by Crippen LogP contribution is -2.36. The maximum Gasteiger partial charge on any atom is 0.358 e. The van der Waals surface area contributed by atoms with E-state index >= 15 is 0 Å².